The molecular weight excluding hydrogens is 511 g/mol. The molecule has 0 spiro atoms. The van der Waals surface area contributed by atoms with Gasteiger partial charge in [0.2, 0.25) is 5.91 Å². The van der Waals surface area contributed by atoms with Crippen LogP contribution in [-0.4, -0.2) is 75.9 Å². The van der Waals surface area contributed by atoms with Gasteiger partial charge in [-0.3, -0.25) is 9.59 Å². The van der Waals surface area contributed by atoms with Crippen molar-refractivity contribution in [3.05, 3.63) is 52.9 Å². The molecule has 2 amide bonds. The van der Waals surface area contributed by atoms with Gasteiger partial charge in [0, 0.05) is 19.6 Å². The summed E-state index contributed by atoms with van der Waals surface area (Å²) in [6, 6.07) is 5.90. The molecule has 8 N–H and O–H groups in total. The number of rotatable bonds is 10. The van der Waals surface area contributed by atoms with Crippen LogP contribution in [0, 0.1) is 12.7 Å². The molecule has 13 nitrogen and oxygen atoms in total. The summed E-state index contributed by atoms with van der Waals surface area (Å²) in [6.07, 6.45) is 5.84. The van der Waals surface area contributed by atoms with E-state index < -0.39 is 11.7 Å². The van der Waals surface area contributed by atoms with E-state index in [2.05, 4.69) is 25.7 Å². The maximum absolute atomic E-state index is 13.7. The molecule has 1 heterocycles. The Morgan fingerprint density at radius 3 is 2.51 bits per heavy atom. The largest absolute Gasteiger partial charge is 0.488 e. The van der Waals surface area contributed by atoms with Crippen molar-refractivity contribution in [2.24, 2.45) is 16.7 Å². The van der Waals surface area contributed by atoms with Crippen molar-refractivity contribution >= 4 is 17.6 Å². The number of amides is 2. The molecule has 1 saturated carbocycles. The van der Waals surface area contributed by atoms with Gasteiger partial charge in [-0.1, -0.05) is 25.3 Å². The van der Waals surface area contributed by atoms with Gasteiger partial charge >= 0.3 is 0 Å². The number of halogens is 1. The average Bonchev–Trinajstić information content (AvgIpc) is 2.91. The van der Waals surface area contributed by atoms with Gasteiger partial charge < -0.3 is 31.3 Å². The topological polar surface area (TPSA) is 201 Å². The molecule has 14 heteroatoms. The zero-order valence-corrected chi connectivity index (χ0v) is 22.2. The van der Waals surface area contributed by atoms with Crippen molar-refractivity contribution in [3.63, 3.8) is 0 Å². The summed E-state index contributed by atoms with van der Waals surface area (Å²) in [7, 11) is 1.50. The number of hydrogen-bond acceptors (Lipinski definition) is 10. The first-order valence-corrected chi connectivity index (χ1v) is 12.5. The number of carbonyl (C=O) groups excluding carboxylic acids is 2. The van der Waals surface area contributed by atoms with Crippen molar-refractivity contribution < 1.29 is 28.9 Å². The van der Waals surface area contributed by atoms with Gasteiger partial charge in [-0.05, 0) is 43.5 Å². The van der Waals surface area contributed by atoms with Crippen LogP contribution in [0.2, 0.25) is 0 Å². The molecule has 1 aromatic carbocycles. The Bertz CT molecular complexity index is 1130. The quantitative estimate of drug-likeness (QED) is 0.102. The molecule has 3 rings (SSSR count). The number of aliphatic hydroxyl groups is 2. The second-order valence-corrected chi connectivity index (χ2v) is 8.82. The Kier molecular flexibility index (Phi) is 13.0. The van der Waals surface area contributed by atoms with Crippen LogP contribution in [0.25, 0.3) is 0 Å². The van der Waals surface area contributed by atoms with E-state index in [-0.39, 0.29) is 55.2 Å². The zero-order chi connectivity index (χ0) is 28.8. The van der Waals surface area contributed by atoms with Gasteiger partial charge in [-0.25, -0.2) is 25.3 Å². The third kappa shape index (κ3) is 11.2. The van der Waals surface area contributed by atoms with Crippen LogP contribution in [-0.2, 0) is 11.3 Å². The number of aliphatic hydroxyl groups excluding tert-OH is 2. The van der Waals surface area contributed by atoms with Crippen LogP contribution in [0.4, 0.5) is 4.39 Å². The fourth-order valence-electron chi connectivity index (χ4n) is 3.75. The number of nitrogens with zero attached hydrogens (tertiary/aromatic N) is 4. The first-order chi connectivity index (χ1) is 18.6. The van der Waals surface area contributed by atoms with Crippen LogP contribution in [0.1, 0.15) is 59.7 Å². The highest BCUT2D eigenvalue weighted by molar-refractivity contribution is 5.99. The van der Waals surface area contributed by atoms with Crippen LogP contribution in [0.15, 0.2) is 29.4 Å². The lowest BCUT2D eigenvalue weighted by Gasteiger charge is -2.22. The standard InChI is InChI=1S/C17H22FN7O3.C8H15NO2/c1-10-22-13(16(19)24-25(2)20)8-14(23-10)17(27)21-9-11-3-4-12(18)15(7-11)28-6-5-26;10-6-8(11)9-7-4-2-1-3-5-7/h3-4,7-8,26H,5-6,9,20H2,1-2H3,(H2,19,24)(H,21,27);7,10H,1-6H2,(H,9,11). The number of hydrazine groups is 1. The maximum Gasteiger partial charge on any atom is 0.270 e. The third-order valence-corrected chi connectivity index (χ3v) is 5.51. The van der Waals surface area contributed by atoms with Crippen molar-refractivity contribution in [3.8, 4) is 5.75 Å². The van der Waals surface area contributed by atoms with Crippen molar-refractivity contribution in [2.45, 2.75) is 51.6 Å². The number of amidine groups is 1. The van der Waals surface area contributed by atoms with Crippen molar-refractivity contribution in [1.29, 1.82) is 0 Å². The fraction of sp³-hybridized carbons (Fsp3) is 0.480. The van der Waals surface area contributed by atoms with Gasteiger partial charge in [0.15, 0.2) is 17.4 Å². The molecule has 0 atom stereocenters. The third-order valence-electron chi connectivity index (χ3n) is 5.51. The van der Waals surface area contributed by atoms with E-state index in [1.165, 1.54) is 50.6 Å². The average molecular weight is 549 g/mol. The first-order valence-electron chi connectivity index (χ1n) is 12.5. The van der Waals surface area contributed by atoms with E-state index in [1.807, 2.05) is 0 Å². The van der Waals surface area contributed by atoms with Crippen LogP contribution >= 0.6 is 0 Å². The molecule has 1 fully saturated rings. The Labute approximate surface area is 226 Å². The first kappa shape index (κ1) is 31.3. The van der Waals surface area contributed by atoms with E-state index in [0.717, 1.165) is 18.0 Å². The number of nitrogens with two attached hydrogens (primary N) is 2. The van der Waals surface area contributed by atoms with E-state index in [1.54, 1.807) is 6.92 Å². The van der Waals surface area contributed by atoms with E-state index >= 15 is 0 Å². The zero-order valence-electron chi connectivity index (χ0n) is 22.2. The summed E-state index contributed by atoms with van der Waals surface area (Å²) in [5.74, 6) is 4.53. The lowest BCUT2D eigenvalue weighted by Crippen LogP contribution is -2.37. The molecule has 0 bridgehead atoms. The highest BCUT2D eigenvalue weighted by atomic mass is 19.1. The fourth-order valence-corrected chi connectivity index (χ4v) is 3.75. The summed E-state index contributed by atoms with van der Waals surface area (Å²) in [5, 5.41) is 27.6. The molecule has 0 unspecified atom stereocenters. The van der Waals surface area contributed by atoms with Crippen LogP contribution in [0.5, 0.6) is 5.75 Å². The Morgan fingerprint density at radius 2 is 1.87 bits per heavy atom. The molecule has 2 aromatic rings. The lowest BCUT2D eigenvalue weighted by atomic mass is 9.95. The molecule has 1 aromatic heterocycles. The minimum Gasteiger partial charge on any atom is -0.488 e. The number of nitrogens with one attached hydrogen (secondary N) is 2. The second kappa shape index (κ2) is 16.2. The number of ether oxygens (including phenoxy) is 1. The van der Waals surface area contributed by atoms with Gasteiger partial charge in [-0.2, -0.15) is 0 Å². The molecule has 0 aliphatic heterocycles. The summed E-state index contributed by atoms with van der Waals surface area (Å²) < 4.78 is 18.8. The number of hydrogen-bond donors (Lipinski definition) is 6. The minimum atomic E-state index is -0.556. The Balaban J connectivity index is 0.000000404. The molecule has 1 aliphatic carbocycles. The molecular formula is C25H37FN8O5. The number of aromatic nitrogens is 2. The predicted octanol–water partition coefficient (Wildman–Crippen LogP) is 0.0786. The highest BCUT2D eigenvalue weighted by Crippen LogP contribution is 2.19. The minimum absolute atomic E-state index is 0.00384. The van der Waals surface area contributed by atoms with E-state index in [0.29, 0.717) is 17.4 Å². The highest BCUT2D eigenvalue weighted by Gasteiger charge is 2.15. The van der Waals surface area contributed by atoms with Gasteiger partial charge in [-0.15, -0.1) is 5.10 Å². The van der Waals surface area contributed by atoms with E-state index in [9.17, 15) is 14.0 Å². The second-order valence-electron chi connectivity index (χ2n) is 8.82. The van der Waals surface area contributed by atoms with Crippen LogP contribution < -0.4 is 26.9 Å². The Morgan fingerprint density at radius 1 is 1.18 bits per heavy atom. The van der Waals surface area contributed by atoms with Crippen LogP contribution in [0.3, 0.4) is 0 Å². The summed E-state index contributed by atoms with van der Waals surface area (Å²) in [4.78, 5) is 31.4. The molecule has 0 saturated heterocycles. The van der Waals surface area contributed by atoms with Crippen molar-refractivity contribution in [1.82, 2.24) is 25.7 Å². The predicted molar refractivity (Wildman–Crippen MR) is 142 cm³/mol. The number of aryl methyl sites for hydroxylation is 1. The van der Waals surface area contributed by atoms with Gasteiger partial charge in [0.05, 0.1) is 6.61 Å². The monoisotopic (exact) mass is 548 g/mol. The van der Waals surface area contributed by atoms with Gasteiger partial charge in [0.25, 0.3) is 5.91 Å². The smallest absolute Gasteiger partial charge is 0.270 e. The molecule has 1 aliphatic rings. The Hall–Kier alpha value is -3.88. The lowest BCUT2D eigenvalue weighted by molar-refractivity contribution is -0.124. The number of hydrazone groups is 1. The van der Waals surface area contributed by atoms with E-state index in [4.69, 9.17) is 26.5 Å². The van der Waals surface area contributed by atoms with Crippen molar-refractivity contribution in [2.75, 3.05) is 26.9 Å². The summed E-state index contributed by atoms with van der Waals surface area (Å²) >= 11 is 0. The summed E-state index contributed by atoms with van der Waals surface area (Å²) in [6.45, 7) is 1.09. The molecule has 214 valence electrons. The normalized spacial score (nSPS) is 13.6. The number of carbonyl (C=O) groups is 2. The number of benzene rings is 1. The maximum atomic E-state index is 13.7. The van der Waals surface area contributed by atoms with Gasteiger partial charge in [0.1, 0.15) is 30.4 Å². The summed E-state index contributed by atoms with van der Waals surface area (Å²) in [5.41, 5.74) is 6.78. The SMILES string of the molecule is Cc1nc(C(=O)NCc2ccc(F)c(OCCO)c2)cc(/C(N)=N/N(C)N)n1.O=C(CO)NC1CCCCC1. The molecule has 39 heavy (non-hydrogen) atoms. The molecule has 0 radical (unpaired) electrons.